The minimum atomic E-state index is -0.236. The second-order valence-corrected chi connectivity index (χ2v) is 7.53. The Labute approximate surface area is 159 Å². The quantitative estimate of drug-likeness (QED) is 0.486. The molecule has 0 saturated carbocycles. The van der Waals surface area contributed by atoms with E-state index in [1.165, 1.54) is 23.1 Å². The smallest absolute Gasteiger partial charge is 0.257 e. The molecule has 1 heterocycles. The molecule has 3 rings (SSSR count). The van der Waals surface area contributed by atoms with Gasteiger partial charge in [-0.2, -0.15) is 0 Å². The van der Waals surface area contributed by atoms with Crippen LogP contribution in [0.5, 0.6) is 0 Å². The maximum absolute atomic E-state index is 12.4. The zero-order chi connectivity index (χ0) is 18.4. The number of ketones is 1. The highest BCUT2D eigenvalue weighted by Gasteiger charge is 2.11. The van der Waals surface area contributed by atoms with Gasteiger partial charge in [-0.25, -0.2) is 0 Å². The number of carbonyl (C=O) groups excluding carboxylic acids is 2. The maximum Gasteiger partial charge on any atom is 0.257 e. The van der Waals surface area contributed by atoms with Gasteiger partial charge in [-0.05, 0) is 24.6 Å². The summed E-state index contributed by atoms with van der Waals surface area (Å²) in [6, 6.07) is 16.4. The van der Waals surface area contributed by atoms with Gasteiger partial charge in [0.1, 0.15) is 5.01 Å². The van der Waals surface area contributed by atoms with Crippen molar-refractivity contribution in [1.29, 1.82) is 0 Å². The number of nitrogens with zero attached hydrogens (tertiary/aromatic N) is 2. The van der Waals surface area contributed by atoms with Crippen molar-refractivity contribution < 1.29 is 9.59 Å². The monoisotopic (exact) mass is 383 g/mol. The summed E-state index contributed by atoms with van der Waals surface area (Å²) < 4.78 is 0. The van der Waals surface area contributed by atoms with Crippen LogP contribution in [0.25, 0.3) is 0 Å². The van der Waals surface area contributed by atoms with Crippen molar-refractivity contribution in [2.75, 3.05) is 11.1 Å². The standard InChI is InChI=1S/C19H17N3O2S2/c1-2-17-21-22-19(26-17)20-18(24)14-9-6-10-15(11-14)25-12-16(23)13-7-4-3-5-8-13/h3-11H,2,12H2,1H3,(H,20,22,24). The number of Topliss-reactive ketones (excluding diaryl/α,β-unsaturated/α-hetero) is 1. The zero-order valence-corrected chi connectivity index (χ0v) is 15.8. The van der Waals surface area contributed by atoms with Crippen molar-refractivity contribution in [2.24, 2.45) is 0 Å². The Balaban J connectivity index is 1.62. The minimum Gasteiger partial charge on any atom is -0.296 e. The highest BCUT2D eigenvalue weighted by atomic mass is 32.2. The van der Waals surface area contributed by atoms with Crippen LogP contribution in [0.1, 0.15) is 32.6 Å². The van der Waals surface area contributed by atoms with Gasteiger partial charge in [0.25, 0.3) is 5.91 Å². The molecule has 2 aromatic carbocycles. The van der Waals surface area contributed by atoms with Gasteiger partial charge in [0.15, 0.2) is 5.78 Å². The van der Waals surface area contributed by atoms with Crippen LogP contribution in [0.4, 0.5) is 5.13 Å². The Hall–Kier alpha value is -2.51. The number of hydrogen-bond donors (Lipinski definition) is 1. The van der Waals surface area contributed by atoms with E-state index in [0.717, 1.165) is 16.3 Å². The van der Waals surface area contributed by atoms with Crippen molar-refractivity contribution >= 4 is 39.9 Å². The van der Waals surface area contributed by atoms with Gasteiger partial charge in [-0.3, -0.25) is 14.9 Å². The Bertz CT molecular complexity index is 910. The Morgan fingerprint density at radius 3 is 2.54 bits per heavy atom. The van der Waals surface area contributed by atoms with Crippen LogP contribution in [0.3, 0.4) is 0 Å². The molecule has 0 bridgehead atoms. The summed E-state index contributed by atoms with van der Waals surface area (Å²) in [5.74, 6) is 0.151. The van der Waals surface area contributed by atoms with Crippen molar-refractivity contribution in [3.05, 3.63) is 70.7 Å². The number of nitrogens with one attached hydrogen (secondary N) is 1. The molecule has 0 fully saturated rings. The fourth-order valence-electron chi connectivity index (χ4n) is 2.20. The summed E-state index contributed by atoms with van der Waals surface area (Å²) in [6.07, 6.45) is 0.787. The molecule has 1 aromatic heterocycles. The number of aromatic nitrogens is 2. The Kier molecular flexibility index (Phi) is 6.14. The van der Waals surface area contributed by atoms with Crippen molar-refractivity contribution in [2.45, 2.75) is 18.2 Å². The average Bonchev–Trinajstić information content (AvgIpc) is 3.14. The molecule has 5 nitrogen and oxygen atoms in total. The summed E-state index contributed by atoms with van der Waals surface area (Å²) in [5, 5.41) is 12.1. The fourth-order valence-corrected chi connectivity index (χ4v) is 3.72. The molecule has 0 radical (unpaired) electrons. The molecule has 0 aliphatic rings. The molecule has 0 spiro atoms. The SMILES string of the molecule is CCc1nnc(NC(=O)c2cccc(SCC(=O)c3ccccc3)c2)s1. The molecule has 0 aliphatic carbocycles. The highest BCUT2D eigenvalue weighted by molar-refractivity contribution is 8.00. The molecule has 0 aliphatic heterocycles. The van der Waals surface area contributed by atoms with E-state index in [9.17, 15) is 9.59 Å². The first-order valence-electron chi connectivity index (χ1n) is 8.10. The predicted octanol–water partition coefficient (Wildman–Crippen LogP) is 4.33. The molecule has 0 saturated heterocycles. The number of amides is 1. The minimum absolute atomic E-state index is 0.0615. The van der Waals surface area contributed by atoms with Gasteiger partial charge in [-0.1, -0.05) is 54.7 Å². The van der Waals surface area contributed by atoms with E-state index in [4.69, 9.17) is 0 Å². The third-order valence-corrected chi connectivity index (χ3v) is 5.53. The van der Waals surface area contributed by atoms with Crippen LogP contribution in [0.15, 0.2) is 59.5 Å². The molecule has 132 valence electrons. The van der Waals surface area contributed by atoms with Crippen LogP contribution in [-0.4, -0.2) is 27.6 Å². The lowest BCUT2D eigenvalue weighted by Gasteiger charge is -2.05. The first-order valence-corrected chi connectivity index (χ1v) is 9.90. The lowest BCUT2D eigenvalue weighted by molar-refractivity contribution is 0.101. The average molecular weight is 383 g/mol. The molecule has 3 aromatic rings. The number of hydrogen-bond acceptors (Lipinski definition) is 6. The number of aryl methyl sites for hydroxylation is 1. The van der Waals surface area contributed by atoms with E-state index in [1.54, 1.807) is 24.3 Å². The van der Waals surface area contributed by atoms with Gasteiger partial charge >= 0.3 is 0 Å². The molecule has 0 unspecified atom stereocenters. The van der Waals surface area contributed by atoms with E-state index in [2.05, 4.69) is 15.5 Å². The lowest BCUT2D eigenvalue weighted by atomic mass is 10.2. The van der Waals surface area contributed by atoms with Gasteiger partial charge in [0, 0.05) is 16.0 Å². The number of carbonyl (C=O) groups is 2. The van der Waals surface area contributed by atoms with Gasteiger partial charge in [-0.15, -0.1) is 22.0 Å². The number of anilines is 1. The third kappa shape index (κ3) is 4.77. The van der Waals surface area contributed by atoms with Gasteiger partial charge in [0.05, 0.1) is 5.75 Å². The molecule has 26 heavy (non-hydrogen) atoms. The van der Waals surface area contributed by atoms with Gasteiger partial charge < -0.3 is 0 Å². The molecular formula is C19H17N3O2S2. The first kappa shape index (κ1) is 18.3. The summed E-state index contributed by atoms with van der Waals surface area (Å²) >= 11 is 2.78. The predicted molar refractivity (Wildman–Crippen MR) is 105 cm³/mol. The van der Waals surface area contributed by atoms with Crippen molar-refractivity contribution in [1.82, 2.24) is 10.2 Å². The zero-order valence-electron chi connectivity index (χ0n) is 14.1. The van der Waals surface area contributed by atoms with E-state index >= 15 is 0 Å². The summed E-state index contributed by atoms with van der Waals surface area (Å²) in [4.78, 5) is 25.4. The van der Waals surface area contributed by atoms with Crippen molar-refractivity contribution in [3.63, 3.8) is 0 Å². The summed E-state index contributed by atoms with van der Waals surface area (Å²) in [7, 11) is 0. The molecule has 1 amide bonds. The first-order chi connectivity index (χ1) is 12.7. The van der Waals surface area contributed by atoms with Crippen molar-refractivity contribution in [3.8, 4) is 0 Å². The van der Waals surface area contributed by atoms with Crippen LogP contribution in [0.2, 0.25) is 0 Å². The third-order valence-electron chi connectivity index (χ3n) is 3.55. The maximum atomic E-state index is 12.4. The van der Waals surface area contributed by atoms with E-state index in [1.807, 2.05) is 37.3 Å². The summed E-state index contributed by atoms with van der Waals surface area (Å²) in [5.41, 5.74) is 1.22. The molecule has 7 heteroatoms. The molecular weight excluding hydrogens is 366 g/mol. The fraction of sp³-hybridized carbons (Fsp3) is 0.158. The molecule has 0 atom stereocenters. The van der Waals surface area contributed by atoms with Gasteiger partial charge in [0.2, 0.25) is 5.13 Å². The number of rotatable bonds is 7. The largest absolute Gasteiger partial charge is 0.296 e. The van der Waals surface area contributed by atoms with Crippen LogP contribution in [-0.2, 0) is 6.42 Å². The molecule has 1 N–H and O–H groups in total. The van der Waals surface area contributed by atoms with Crippen LogP contribution in [0, 0.1) is 0 Å². The van der Waals surface area contributed by atoms with E-state index < -0.39 is 0 Å². The Morgan fingerprint density at radius 1 is 1.04 bits per heavy atom. The van der Waals surface area contributed by atoms with Crippen LogP contribution < -0.4 is 5.32 Å². The topological polar surface area (TPSA) is 72.0 Å². The van der Waals surface area contributed by atoms with E-state index in [-0.39, 0.29) is 11.7 Å². The second-order valence-electron chi connectivity index (χ2n) is 5.41. The summed E-state index contributed by atoms with van der Waals surface area (Å²) in [6.45, 7) is 1.99. The highest BCUT2D eigenvalue weighted by Crippen LogP contribution is 2.22. The number of benzene rings is 2. The van der Waals surface area contributed by atoms with Crippen LogP contribution >= 0.6 is 23.1 Å². The lowest BCUT2D eigenvalue weighted by Crippen LogP contribution is -2.11. The normalized spacial score (nSPS) is 10.5. The van der Waals surface area contributed by atoms with E-state index in [0.29, 0.717) is 22.0 Å². The second kappa shape index (κ2) is 8.73. The number of thioether (sulfide) groups is 1. The Morgan fingerprint density at radius 2 is 1.81 bits per heavy atom.